The molecule has 0 radical (unpaired) electrons. The summed E-state index contributed by atoms with van der Waals surface area (Å²) in [7, 11) is 0. The Morgan fingerprint density at radius 2 is 2.00 bits per heavy atom. The number of morpholine rings is 1. The Labute approximate surface area is 159 Å². The summed E-state index contributed by atoms with van der Waals surface area (Å²) in [4.78, 5) is 19.0. The number of aromatic nitrogens is 4. The largest absolute Gasteiger partial charge is 0.378 e. The van der Waals surface area contributed by atoms with Crippen molar-refractivity contribution in [3.05, 3.63) is 46.2 Å². The maximum atomic E-state index is 5.43. The highest BCUT2D eigenvalue weighted by Crippen LogP contribution is 2.27. The Bertz CT molecular complexity index is 869. The molecule has 4 heterocycles. The van der Waals surface area contributed by atoms with Crippen molar-refractivity contribution >= 4 is 28.3 Å². The van der Waals surface area contributed by atoms with Crippen LogP contribution in [-0.4, -0.2) is 46.2 Å². The van der Waals surface area contributed by atoms with Crippen molar-refractivity contribution in [3.63, 3.8) is 0 Å². The predicted molar refractivity (Wildman–Crippen MR) is 106 cm³/mol. The zero-order valence-electron chi connectivity index (χ0n) is 13.9. The van der Waals surface area contributed by atoms with Crippen molar-refractivity contribution in [2.24, 2.45) is 0 Å². The number of aryl methyl sites for hydroxylation is 1. The summed E-state index contributed by atoms with van der Waals surface area (Å²) in [6.45, 7) is 5.34. The Balaban J connectivity index is 1.66. The number of ether oxygens (including phenoxy) is 1. The van der Waals surface area contributed by atoms with Crippen LogP contribution in [0.4, 0.5) is 5.69 Å². The van der Waals surface area contributed by atoms with E-state index in [4.69, 9.17) is 4.74 Å². The van der Waals surface area contributed by atoms with Gasteiger partial charge >= 0.3 is 0 Å². The average molecular weight is 447 g/mol. The second kappa shape index (κ2) is 7.09. The fourth-order valence-corrected chi connectivity index (χ4v) is 3.26. The third-order valence-electron chi connectivity index (χ3n) is 4.26. The normalized spacial score (nSPS) is 14.7. The van der Waals surface area contributed by atoms with E-state index >= 15 is 0 Å². The lowest BCUT2D eigenvalue weighted by Gasteiger charge is -2.28. The van der Waals surface area contributed by atoms with Crippen LogP contribution in [0.25, 0.3) is 22.6 Å². The minimum Gasteiger partial charge on any atom is -0.378 e. The van der Waals surface area contributed by atoms with Crippen molar-refractivity contribution in [2.75, 3.05) is 31.2 Å². The van der Waals surface area contributed by atoms with E-state index in [-0.39, 0.29) is 0 Å². The number of anilines is 1. The average Bonchev–Trinajstić information content (AvgIpc) is 3.01. The van der Waals surface area contributed by atoms with Gasteiger partial charge in [0.05, 0.1) is 25.1 Å². The summed E-state index contributed by atoms with van der Waals surface area (Å²) in [5.74, 6) is 0.793. The smallest absolute Gasteiger partial charge is 0.157 e. The summed E-state index contributed by atoms with van der Waals surface area (Å²) < 4.78 is 6.40. The van der Waals surface area contributed by atoms with E-state index in [2.05, 4.69) is 59.6 Å². The van der Waals surface area contributed by atoms with Gasteiger partial charge in [0.1, 0.15) is 9.39 Å². The number of rotatable bonds is 3. The molecule has 4 rings (SSSR count). The van der Waals surface area contributed by atoms with Crippen LogP contribution in [0, 0.1) is 10.6 Å². The number of imidazole rings is 1. The zero-order chi connectivity index (χ0) is 17.2. The lowest BCUT2D eigenvalue weighted by Crippen LogP contribution is -2.36. The van der Waals surface area contributed by atoms with Gasteiger partial charge in [0.15, 0.2) is 5.82 Å². The van der Waals surface area contributed by atoms with Gasteiger partial charge in [0.25, 0.3) is 0 Å². The molecule has 0 aromatic carbocycles. The molecule has 0 atom stereocenters. The van der Waals surface area contributed by atoms with Gasteiger partial charge in [0, 0.05) is 36.7 Å². The van der Waals surface area contributed by atoms with Gasteiger partial charge in [-0.15, -0.1) is 0 Å². The molecule has 1 fully saturated rings. The van der Waals surface area contributed by atoms with Crippen LogP contribution in [0.2, 0.25) is 0 Å². The number of H-pyrrole nitrogens is 1. The predicted octanol–water partition coefficient (Wildman–Crippen LogP) is 3.28. The topological polar surface area (TPSA) is 66.9 Å². The first-order chi connectivity index (χ1) is 12.2. The molecule has 128 valence electrons. The molecular weight excluding hydrogens is 429 g/mol. The maximum Gasteiger partial charge on any atom is 0.157 e. The number of aromatic amines is 1. The van der Waals surface area contributed by atoms with Crippen LogP contribution >= 0.6 is 22.6 Å². The first-order valence-corrected chi connectivity index (χ1v) is 9.25. The molecule has 0 saturated carbocycles. The number of pyridine rings is 2. The number of halogens is 1. The summed E-state index contributed by atoms with van der Waals surface area (Å²) in [6, 6.07) is 6.23. The molecule has 0 unspecified atom stereocenters. The molecule has 25 heavy (non-hydrogen) atoms. The van der Waals surface area contributed by atoms with Gasteiger partial charge in [-0.3, -0.25) is 9.97 Å². The molecule has 0 spiro atoms. The number of hydrogen-bond acceptors (Lipinski definition) is 5. The molecule has 1 saturated heterocycles. The lowest BCUT2D eigenvalue weighted by atomic mass is 10.1. The lowest BCUT2D eigenvalue weighted by molar-refractivity contribution is 0.122. The van der Waals surface area contributed by atoms with E-state index in [1.165, 1.54) is 0 Å². The van der Waals surface area contributed by atoms with Gasteiger partial charge in [-0.2, -0.15) is 0 Å². The Morgan fingerprint density at radius 3 is 2.76 bits per heavy atom. The van der Waals surface area contributed by atoms with Crippen LogP contribution in [0.5, 0.6) is 0 Å². The van der Waals surface area contributed by atoms with Crippen LogP contribution < -0.4 is 4.90 Å². The van der Waals surface area contributed by atoms with Crippen LogP contribution in [0.1, 0.15) is 5.69 Å². The maximum absolute atomic E-state index is 5.43. The molecule has 0 aliphatic carbocycles. The summed E-state index contributed by atoms with van der Waals surface area (Å²) in [5.41, 5.74) is 5.17. The monoisotopic (exact) mass is 447 g/mol. The van der Waals surface area contributed by atoms with E-state index < -0.39 is 0 Å². The quantitative estimate of drug-likeness (QED) is 0.625. The van der Waals surface area contributed by atoms with E-state index in [0.717, 1.165) is 64.0 Å². The van der Waals surface area contributed by atoms with Gasteiger partial charge in [0.2, 0.25) is 0 Å². The minimum absolute atomic E-state index is 0.764. The third kappa shape index (κ3) is 3.52. The van der Waals surface area contributed by atoms with Gasteiger partial charge in [-0.05, 0) is 53.3 Å². The summed E-state index contributed by atoms with van der Waals surface area (Å²) in [5, 5.41) is 0. The highest BCUT2D eigenvalue weighted by molar-refractivity contribution is 14.1. The number of nitrogens with zero attached hydrogens (tertiary/aromatic N) is 4. The molecule has 1 N–H and O–H groups in total. The Kier molecular flexibility index (Phi) is 4.67. The van der Waals surface area contributed by atoms with Gasteiger partial charge < -0.3 is 14.6 Å². The first-order valence-electron chi connectivity index (χ1n) is 8.17. The highest BCUT2D eigenvalue weighted by atomic mass is 127. The Hall–Kier alpha value is -2.00. The molecule has 0 amide bonds. The molecular formula is C18H18IN5O. The van der Waals surface area contributed by atoms with E-state index in [0.29, 0.717) is 0 Å². The van der Waals surface area contributed by atoms with Crippen molar-refractivity contribution in [3.8, 4) is 22.6 Å². The van der Waals surface area contributed by atoms with Crippen LogP contribution in [0.3, 0.4) is 0 Å². The summed E-state index contributed by atoms with van der Waals surface area (Å²) >= 11 is 2.23. The molecule has 7 heteroatoms. The molecule has 1 aliphatic heterocycles. The van der Waals surface area contributed by atoms with E-state index in [1.807, 2.05) is 31.6 Å². The van der Waals surface area contributed by atoms with Gasteiger partial charge in [-0.25, -0.2) is 4.98 Å². The minimum atomic E-state index is 0.764. The Morgan fingerprint density at radius 1 is 1.16 bits per heavy atom. The van der Waals surface area contributed by atoms with E-state index in [1.54, 1.807) is 0 Å². The highest BCUT2D eigenvalue weighted by Gasteiger charge is 2.13. The van der Waals surface area contributed by atoms with Crippen molar-refractivity contribution < 1.29 is 4.74 Å². The van der Waals surface area contributed by atoms with Crippen molar-refractivity contribution in [1.29, 1.82) is 0 Å². The second-order valence-corrected chi connectivity index (χ2v) is 6.98. The van der Waals surface area contributed by atoms with Crippen molar-refractivity contribution in [1.82, 2.24) is 19.9 Å². The third-order valence-corrected chi connectivity index (χ3v) is 5.31. The molecule has 3 aromatic rings. The first kappa shape index (κ1) is 16.5. The van der Waals surface area contributed by atoms with Crippen molar-refractivity contribution in [2.45, 2.75) is 6.92 Å². The molecule has 0 bridgehead atoms. The fraction of sp³-hybridized carbons (Fsp3) is 0.278. The number of nitrogens with one attached hydrogen (secondary N) is 1. The summed E-state index contributed by atoms with van der Waals surface area (Å²) in [6.07, 6.45) is 5.62. The van der Waals surface area contributed by atoms with Crippen LogP contribution in [0.15, 0.2) is 36.8 Å². The van der Waals surface area contributed by atoms with E-state index in [9.17, 15) is 0 Å². The standard InChI is InChI=1S/C18H18IN5O/c1-12-17(19)23-18(22-12)16-9-13(2-3-21-16)14-8-15(11-20-10-14)24-4-6-25-7-5-24/h2-3,8-11H,4-7H2,1H3,(H,22,23). The molecule has 1 aliphatic rings. The SMILES string of the molecule is Cc1[nH]c(-c2cc(-c3cncc(N4CCOCC4)c3)ccn2)nc1I. The zero-order valence-corrected chi connectivity index (χ0v) is 16.0. The molecule has 3 aromatic heterocycles. The second-order valence-electron chi connectivity index (χ2n) is 5.96. The molecule has 6 nitrogen and oxygen atoms in total. The van der Waals surface area contributed by atoms with Crippen LogP contribution in [-0.2, 0) is 4.74 Å². The number of hydrogen-bond donors (Lipinski definition) is 1. The van der Waals surface area contributed by atoms with Gasteiger partial charge in [-0.1, -0.05) is 0 Å². The fourth-order valence-electron chi connectivity index (χ4n) is 2.88.